The highest BCUT2D eigenvalue weighted by Crippen LogP contribution is 2.25. The highest BCUT2D eigenvalue weighted by Gasteiger charge is 2.24. The van der Waals surface area contributed by atoms with Crippen molar-refractivity contribution in [1.29, 1.82) is 0 Å². The molecule has 2 N–H and O–H groups in total. The molecule has 0 aliphatic carbocycles. The molecule has 1 rings (SSSR count). The van der Waals surface area contributed by atoms with Crippen LogP contribution < -0.4 is 5.73 Å². The molecule has 0 aliphatic rings. The van der Waals surface area contributed by atoms with E-state index in [4.69, 9.17) is 17.3 Å². The minimum absolute atomic E-state index is 0.0836. The molecule has 0 saturated carbocycles. The van der Waals surface area contributed by atoms with Gasteiger partial charge in [0.2, 0.25) is 10.0 Å². The zero-order valence-electron chi connectivity index (χ0n) is 9.98. The maximum Gasteiger partial charge on any atom is 0.245 e. The van der Waals surface area contributed by atoms with Crippen LogP contribution in [0.15, 0.2) is 23.1 Å². The molecule has 0 aromatic heterocycles. The summed E-state index contributed by atoms with van der Waals surface area (Å²) in [7, 11) is -3.54. The van der Waals surface area contributed by atoms with E-state index in [1.165, 1.54) is 16.4 Å². The van der Waals surface area contributed by atoms with E-state index in [1.807, 2.05) is 6.92 Å². The van der Waals surface area contributed by atoms with Gasteiger partial charge in [0, 0.05) is 18.1 Å². The van der Waals surface area contributed by atoms with Gasteiger partial charge in [-0.15, -0.1) is 0 Å². The van der Waals surface area contributed by atoms with E-state index in [-0.39, 0.29) is 10.6 Å². The summed E-state index contributed by atoms with van der Waals surface area (Å²) in [4.78, 5) is 0.0836. The molecular weight excluding hydrogens is 260 g/mol. The van der Waals surface area contributed by atoms with Gasteiger partial charge in [-0.3, -0.25) is 0 Å². The van der Waals surface area contributed by atoms with Gasteiger partial charge in [-0.25, -0.2) is 8.42 Å². The van der Waals surface area contributed by atoms with Crippen molar-refractivity contribution in [2.45, 2.75) is 25.2 Å². The molecule has 0 fully saturated rings. The molecule has 0 amide bonds. The first kappa shape index (κ1) is 14.3. The third kappa shape index (κ3) is 3.12. The molecule has 0 unspecified atom stereocenters. The quantitative estimate of drug-likeness (QED) is 0.840. The molecule has 0 heterocycles. The minimum atomic E-state index is -3.54. The van der Waals surface area contributed by atoms with Gasteiger partial charge >= 0.3 is 0 Å². The van der Waals surface area contributed by atoms with Crippen molar-refractivity contribution >= 4 is 27.3 Å². The van der Waals surface area contributed by atoms with E-state index >= 15 is 0 Å². The number of halogens is 1. The van der Waals surface area contributed by atoms with Crippen LogP contribution in [0, 0.1) is 0 Å². The van der Waals surface area contributed by atoms with Gasteiger partial charge < -0.3 is 5.73 Å². The zero-order chi connectivity index (χ0) is 13.1. The van der Waals surface area contributed by atoms with Gasteiger partial charge in [-0.1, -0.05) is 25.4 Å². The Labute approximate surface area is 107 Å². The van der Waals surface area contributed by atoms with Crippen LogP contribution in [0.3, 0.4) is 0 Å². The number of rotatable bonds is 5. The number of sulfonamides is 1. The van der Waals surface area contributed by atoms with E-state index in [2.05, 4.69) is 0 Å². The second-order valence-corrected chi connectivity index (χ2v) is 6.02. The molecular formula is C11H17ClN2O2S. The molecule has 96 valence electrons. The Hall–Kier alpha value is -0.780. The summed E-state index contributed by atoms with van der Waals surface area (Å²) in [6.45, 7) is 4.63. The third-order valence-electron chi connectivity index (χ3n) is 2.42. The van der Waals surface area contributed by atoms with Crippen LogP contribution in [0.25, 0.3) is 0 Å². The minimum Gasteiger partial charge on any atom is -0.398 e. The lowest BCUT2D eigenvalue weighted by atomic mass is 10.3. The Kier molecular flexibility index (Phi) is 4.80. The van der Waals surface area contributed by atoms with Crippen molar-refractivity contribution in [2.24, 2.45) is 0 Å². The van der Waals surface area contributed by atoms with Gasteiger partial charge in [0.25, 0.3) is 0 Å². The van der Waals surface area contributed by atoms with Crippen LogP contribution in [-0.2, 0) is 10.0 Å². The van der Waals surface area contributed by atoms with E-state index in [0.717, 1.165) is 6.42 Å². The molecule has 0 atom stereocenters. The summed E-state index contributed by atoms with van der Waals surface area (Å²) < 4.78 is 26.0. The van der Waals surface area contributed by atoms with E-state index in [9.17, 15) is 8.42 Å². The van der Waals surface area contributed by atoms with Crippen molar-refractivity contribution in [1.82, 2.24) is 4.31 Å². The van der Waals surface area contributed by atoms with Crippen LogP contribution in [0.2, 0.25) is 5.02 Å². The first-order chi connectivity index (χ1) is 7.93. The molecule has 0 bridgehead atoms. The third-order valence-corrected chi connectivity index (χ3v) is 4.68. The maximum atomic E-state index is 12.3. The van der Waals surface area contributed by atoms with Gasteiger partial charge in [0.1, 0.15) is 4.90 Å². The van der Waals surface area contributed by atoms with Crippen molar-refractivity contribution in [3.05, 3.63) is 23.2 Å². The second kappa shape index (κ2) is 5.71. The van der Waals surface area contributed by atoms with Crippen molar-refractivity contribution in [3.63, 3.8) is 0 Å². The molecule has 0 aliphatic heterocycles. The Balaban J connectivity index is 3.24. The number of benzene rings is 1. The van der Waals surface area contributed by atoms with Crippen LogP contribution in [0.1, 0.15) is 20.3 Å². The van der Waals surface area contributed by atoms with Crippen molar-refractivity contribution in [2.75, 3.05) is 18.8 Å². The number of anilines is 1. The normalized spacial score (nSPS) is 12.0. The zero-order valence-corrected chi connectivity index (χ0v) is 11.6. The van der Waals surface area contributed by atoms with Crippen LogP contribution in [0.4, 0.5) is 5.69 Å². The number of hydrogen-bond acceptors (Lipinski definition) is 3. The molecule has 0 spiro atoms. The lowest BCUT2D eigenvalue weighted by Crippen LogP contribution is -2.32. The standard InChI is InChI=1S/C11H17ClN2O2S/c1-3-7-14(4-2)17(15,16)11-8-9(12)5-6-10(11)13/h5-6,8H,3-4,7,13H2,1-2H3. The van der Waals surface area contributed by atoms with E-state index < -0.39 is 10.0 Å². The number of nitrogen functional groups attached to an aromatic ring is 1. The molecule has 6 heteroatoms. The van der Waals surface area contributed by atoms with Crippen molar-refractivity contribution in [3.8, 4) is 0 Å². The van der Waals surface area contributed by atoms with Gasteiger partial charge in [-0.05, 0) is 24.6 Å². The Bertz CT molecular complexity index is 488. The highest BCUT2D eigenvalue weighted by atomic mass is 35.5. The molecule has 0 radical (unpaired) electrons. The summed E-state index contributed by atoms with van der Waals surface area (Å²) in [6.07, 6.45) is 0.757. The Morgan fingerprint density at radius 2 is 2.00 bits per heavy atom. The average molecular weight is 277 g/mol. The summed E-state index contributed by atoms with van der Waals surface area (Å²) in [5.41, 5.74) is 5.93. The van der Waals surface area contributed by atoms with Gasteiger partial charge in [-0.2, -0.15) is 4.31 Å². The molecule has 1 aromatic rings. The smallest absolute Gasteiger partial charge is 0.245 e. The second-order valence-electron chi connectivity index (χ2n) is 3.68. The fourth-order valence-corrected chi connectivity index (χ4v) is 3.49. The monoisotopic (exact) mass is 276 g/mol. The number of hydrogen-bond donors (Lipinski definition) is 1. The topological polar surface area (TPSA) is 63.4 Å². The van der Waals surface area contributed by atoms with Gasteiger partial charge in [0.05, 0.1) is 5.69 Å². The maximum absolute atomic E-state index is 12.3. The molecule has 1 aromatic carbocycles. The predicted molar refractivity (Wildman–Crippen MR) is 70.6 cm³/mol. The van der Waals surface area contributed by atoms with Crippen molar-refractivity contribution < 1.29 is 8.42 Å². The molecule has 17 heavy (non-hydrogen) atoms. The summed E-state index contributed by atoms with van der Waals surface area (Å²) in [5, 5.41) is 0.366. The first-order valence-electron chi connectivity index (χ1n) is 5.48. The van der Waals surface area contributed by atoms with Gasteiger partial charge in [0.15, 0.2) is 0 Å². The summed E-state index contributed by atoms with van der Waals surface area (Å²) in [5.74, 6) is 0. The Morgan fingerprint density at radius 3 is 2.53 bits per heavy atom. The fraction of sp³-hybridized carbons (Fsp3) is 0.455. The summed E-state index contributed by atoms with van der Waals surface area (Å²) >= 11 is 5.81. The lowest BCUT2D eigenvalue weighted by Gasteiger charge is -2.20. The fourth-order valence-electron chi connectivity index (χ4n) is 1.57. The van der Waals surface area contributed by atoms with Crippen LogP contribution in [-0.4, -0.2) is 25.8 Å². The van der Waals surface area contributed by atoms with E-state index in [1.54, 1.807) is 13.0 Å². The lowest BCUT2D eigenvalue weighted by molar-refractivity contribution is 0.427. The molecule has 4 nitrogen and oxygen atoms in total. The summed E-state index contributed by atoms with van der Waals surface area (Å²) in [6, 6.07) is 4.48. The SMILES string of the molecule is CCCN(CC)S(=O)(=O)c1cc(Cl)ccc1N. The number of nitrogens with two attached hydrogens (primary N) is 1. The highest BCUT2D eigenvalue weighted by molar-refractivity contribution is 7.89. The Morgan fingerprint density at radius 1 is 1.35 bits per heavy atom. The first-order valence-corrected chi connectivity index (χ1v) is 7.30. The number of nitrogens with zero attached hydrogens (tertiary/aromatic N) is 1. The van der Waals surface area contributed by atoms with Crippen LogP contribution in [0.5, 0.6) is 0 Å². The van der Waals surface area contributed by atoms with Crippen LogP contribution >= 0.6 is 11.6 Å². The predicted octanol–water partition coefficient (Wildman–Crippen LogP) is 2.34. The average Bonchev–Trinajstić information content (AvgIpc) is 2.28. The van der Waals surface area contributed by atoms with E-state index in [0.29, 0.717) is 18.1 Å². The molecule has 0 saturated heterocycles. The largest absolute Gasteiger partial charge is 0.398 e.